The number of ether oxygens (including phenoxy) is 1. The van der Waals surface area contributed by atoms with Gasteiger partial charge in [0.25, 0.3) is 10.1 Å². The van der Waals surface area contributed by atoms with Crippen molar-refractivity contribution in [2.24, 2.45) is 0 Å². The molecule has 0 aromatic heterocycles. The summed E-state index contributed by atoms with van der Waals surface area (Å²) in [6, 6.07) is 5.18. The Hall–Kier alpha value is -1.40. The van der Waals surface area contributed by atoms with Crippen LogP contribution in [0.25, 0.3) is 0 Å². The lowest BCUT2D eigenvalue weighted by molar-refractivity contribution is 0.0497. The molecule has 0 bridgehead atoms. The first kappa shape index (κ1) is 17.7. The highest BCUT2D eigenvalue weighted by Crippen LogP contribution is 2.12. The molecule has 21 heavy (non-hydrogen) atoms. The van der Waals surface area contributed by atoms with Gasteiger partial charge in [0.15, 0.2) is 0 Å². The first-order valence-electron chi connectivity index (χ1n) is 7.20. The van der Waals surface area contributed by atoms with E-state index in [-0.39, 0.29) is 10.5 Å². The Morgan fingerprint density at radius 2 is 1.81 bits per heavy atom. The Kier molecular flexibility index (Phi) is 7.39. The van der Waals surface area contributed by atoms with E-state index in [4.69, 9.17) is 9.29 Å². The average molecular weight is 314 g/mol. The van der Waals surface area contributed by atoms with Gasteiger partial charge in [-0.05, 0) is 24.6 Å². The molecule has 0 fully saturated rings. The minimum Gasteiger partial charge on any atom is -0.462 e. The fraction of sp³-hybridized carbons (Fsp3) is 0.533. The van der Waals surface area contributed by atoms with E-state index in [1.54, 1.807) is 0 Å². The third-order valence-corrected chi connectivity index (χ3v) is 3.95. The SMILES string of the molecule is CCCCCCCCOC(=O)c1cccc(S(=O)(=O)O)c1. The highest BCUT2D eigenvalue weighted by molar-refractivity contribution is 7.85. The fourth-order valence-corrected chi connectivity index (χ4v) is 2.44. The molecule has 1 N–H and O–H groups in total. The zero-order valence-electron chi connectivity index (χ0n) is 12.2. The third kappa shape index (κ3) is 6.73. The predicted molar refractivity (Wildman–Crippen MR) is 79.9 cm³/mol. The van der Waals surface area contributed by atoms with Gasteiger partial charge in [-0.2, -0.15) is 8.42 Å². The summed E-state index contributed by atoms with van der Waals surface area (Å²) in [4.78, 5) is 11.5. The van der Waals surface area contributed by atoms with Crippen molar-refractivity contribution in [1.29, 1.82) is 0 Å². The summed E-state index contributed by atoms with van der Waals surface area (Å²) in [6.45, 7) is 2.48. The van der Waals surface area contributed by atoms with E-state index in [0.29, 0.717) is 6.61 Å². The molecule has 6 heteroatoms. The van der Waals surface area contributed by atoms with Gasteiger partial charge in [-0.25, -0.2) is 4.79 Å². The summed E-state index contributed by atoms with van der Waals surface area (Å²) in [5.74, 6) is -0.575. The van der Waals surface area contributed by atoms with E-state index in [2.05, 4.69) is 6.92 Å². The van der Waals surface area contributed by atoms with Crippen molar-refractivity contribution in [1.82, 2.24) is 0 Å². The highest BCUT2D eigenvalue weighted by Gasteiger charge is 2.13. The van der Waals surface area contributed by atoms with Crippen molar-refractivity contribution in [2.75, 3.05) is 6.61 Å². The van der Waals surface area contributed by atoms with Crippen LogP contribution in [-0.2, 0) is 14.9 Å². The average Bonchev–Trinajstić information content (AvgIpc) is 2.45. The molecule has 0 heterocycles. The van der Waals surface area contributed by atoms with Gasteiger partial charge in [-0.15, -0.1) is 0 Å². The van der Waals surface area contributed by atoms with E-state index in [0.717, 1.165) is 25.3 Å². The number of unbranched alkanes of at least 4 members (excludes halogenated alkanes) is 5. The molecule has 0 aliphatic carbocycles. The van der Waals surface area contributed by atoms with Crippen LogP contribution < -0.4 is 0 Å². The molecular weight excluding hydrogens is 292 g/mol. The standard InChI is InChI=1S/C15H22O5S/c1-2-3-4-5-6-7-11-20-15(16)13-9-8-10-14(12-13)21(17,18)19/h8-10,12H,2-7,11H2,1H3,(H,17,18,19). The van der Waals surface area contributed by atoms with Crippen LogP contribution >= 0.6 is 0 Å². The van der Waals surface area contributed by atoms with Crippen LogP contribution in [-0.4, -0.2) is 25.5 Å². The molecule has 0 amide bonds. The number of esters is 1. The first-order valence-corrected chi connectivity index (χ1v) is 8.64. The summed E-state index contributed by atoms with van der Waals surface area (Å²) < 4.78 is 36.0. The second kappa shape index (κ2) is 8.79. The molecule has 0 saturated carbocycles. The lowest BCUT2D eigenvalue weighted by Crippen LogP contribution is -2.08. The number of benzene rings is 1. The number of rotatable bonds is 9. The maximum Gasteiger partial charge on any atom is 0.338 e. The van der Waals surface area contributed by atoms with E-state index in [1.165, 1.54) is 37.5 Å². The van der Waals surface area contributed by atoms with E-state index < -0.39 is 16.1 Å². The maximum atomic E-state index is 11.8. The van der Waals surface area contributed by atoms with Crippen LogP contribution in [0.15, 0.2) is 29.2 Å². The minimum atomic E-state index is -4.30. The van der Waals surface area contributed by atoms with Crippen LogP contribution in [0.1, 0.15) is 55.8 Å². The van der Waals surface area contributed by atoms with Gasteiger partial charge in [-0.1, -0.05) is 45.1 Å². The van der Waals surface area contributed by atoms with Crippen molar-refractivity contribution in [2.45, 2.75) is 50.3 Å². The number of carbonyl (C=O) groups excluding carboxylic acids is 1. The Morgan fingerprint density at radius 1 is 1.14 bits per heavy atom. The smallest absolute Gasteiger partial charge is 0.338 e. The Morgan fingerprint density at radius 3 is 2.48 bits per heavy atom. The molecule has 0 aliphatic rings. The molecular formula is C15H22O5S. The number of carbonyl (C=O) groups is 1. The first-order chi connectivity index (χ1) is 9.95. The Labute approximate surface area is 126 Å². The van der Waals surface area contributed by atoms with E-state index in [9.17, 15) is 13.2 Å². The predicted octanol–water partition coefficient (Wildman–Crippen LogP) is 3.45. The molecule has 0 saturated heterocycles. The second-order valence-electron chi connectivity index (χ2n) is 4.91. The molecule has 1 aromatic rings. The van der Waals surface area contributed by atoms with Crippen molar-refractivity contribution in [3.63, 3.8) is 0 Å². The zero-order valence-corrected chi connectivity index (χ0v) is 13.1. The summed E-state index contributed by atoms with van der Waals surface area (Å²) in [5, 5.41) is 0. The molecule has 0 aliphatic heterocycles. The largest absolute Gasteiger partial charge is 0.462 e. The normalized spacial score (nSPS) is 11.3. The minimum absolute atomic E-state index is 0.121. The van der Waals surface area contributed by atoms with Gasteiger partial charge in [0.1, 0.15) is 0 Å². The number of hydrogen-bond acceptors (Lipinski definition) is 4. The van der Waals surface area contributed by atoms with Gasteiger partial charge < -0.3 is 4.74 Å². The van der Waals surface area contributed by atoms with Crippen molar-refractivity contribution < 1.29 is 22.5 Å². The fourth-order valence-electron chi connectivity index (χ4n) is 1.91. The second-order valence-corrected chi connectivity index (χ2v) is 6.33. The van der Waals surface area contributed by atoms with Crippen molar-refractivity contribution in [3.05, 3.63) is 29.8 Å². The maximum absolute atomic E-state index is 11.8. The molecule has 5 nitrogen and oxygen atoms in total. The third-order valence-electron chi connectivity index (χ3n) is 3.10. The summed E-state index contributed by atoms with van der Waals surface area (Å²) in [5.41, 5.74) is 0.121. The number of hydrogen-bond donors (Lipinski definition) is 1. The Balaban J connectivity index is 2.39. The van der Waals surface area contributed by atoms with Crippen molar-refractivity contribution >= 4 is 16.1 Å². The monoisotopic (exact) mass is 314 g/mol. The molecule has 1 aromatic carbocycles. The van der Waals surface area contributed by atoms with Crippen LogP contribution in [0.2, 0.25) is 0 Å². The summed E-state index contributed by atoms with van der Waals surface area (Å²) in [7, 11) is -4.30. The lowest BCUT2D eigenvalue weighted by atomic mass is 10.1. The zero-order chi connectivity index (χ0) is 15.7. The van der Waals surface area contributed by atoms with Gasteiger partial charge in [0.05, 0.1) is 17.1 Å². The van der Waals surface area contributed by atoms with Gasteiger partial charge in [-0.3, -0.25) is 4.55 Å². The summed E-state index contributed by atoms with van der Waals surface area (Å²) >= 11 is 0. The lowest BCUT2D eigenvalue weighted by Gasteiger charge is -2.06. The quantitative estimate of drug-likeness (QED) is 0.429. The van der Waals surface area contributed by atoms with Gasteiger partial charge in [0.2, 0.25) is 0 Å². The molecule has 0 radical (unpaired) electrons. The van der Waals surface area contributed by atoms with Gasteiger partial charge >= 0.3 is 5.97 Å². The van der Waals surface area contributed by atoms with Crippen LogP contribution in [0.4, 0.5) is 0 Å². The Bertz CT molecular complexity index is 551. The van der Waals surface area contributed by atoms with Crippen LogP contribution in [0.3, 0.4) is 0 Å². The van der Waals surface area contributed by atoms with Crippen LogP contribution in [0, 0.1) is 0 Å². The van der Waals surface area contributed by atoms with E-state index >= 15 is 0 Å². The van der Waals surface area contributed by atoms with E-state index in [1.807, 2.05) is 0 Å². The molecule has 118 valence electrons. The highest BCUT2D eigenvalue weighted by atomic mass is 32.2. The van der Waals surface area contributed by atoms with Gasteiger partial charge in [0, 0.05) is 0 Å². The molecule has 1 rings (SSSR count). The molecule has 0 unspecified atom stereocenters. The van der Waals surface area contributed by atoms with Crippen LogP contribution in [0.5, 0.6) is 0 Å². The molecule has 0 atom stereocenters. The molecule has 0 spiro atoms. The summed E-state index contributed by atoms with van der Waals surface area (Å²) in [6.07, 6.45) is 6.55. The van der Waals surface area contributed by atoms with Crippen molar-refractivity contribution in [3.8, 4) is 0 Å². The topological polar surface area (TPSA) is 80.7 Å².